The number of carbonyl (C=O) groups is 2. The van der Waals surface area contributed by atoms with Gasteiger partial charge < -0.3 is 10.2 Å². The van der Waals surface area contributed by atoms with Crippen LogP contribution in [0.1, 0.15) is 0 Å². The molecule has 2 aromatic rings. The fourth-order valence-electron chi connectivity index (χ4n) is 2.55. The number of hydrogen-bond donors (Lipinski definition) is 1. The number of benzene rings is 2. The normalized spacial score (nSPS) is 14.2. The Morgan fingerprint density at radius 2 is 1.96 bits per heavy atom. The molecule has 0 aromatic heterocycles. The lowest BCUT2D eigenvalue weighted by atomic mass is 10.3. The molecule has 1 saturated heterocycles. The Labute approximate surface area is 143 Å². The predicted molar refractivity (Wildman–Crippen MR) is 90.8 cm³/mol. The zero-order chi connectivity index (χ0) is 17.1. The molecule has 1 aliphatic rings. The van der Waals surface area contributed by atoms with Crippen LogP contribution in [0.2, 0.25) is 5.02 Å². The summed E-state index contributed by atoms with van der Waals surface area (Å²) in [7, 11) is 0. The van der Waals surface area contributed by atoms with Crippen molar-refractivity contribution in [2.24, 2.45) is 0 Å². The molecule has 0 radical (unpaired) electrons. The number of anilines is 2. The molecule has 3 rings (SSSR count). The molecule has 0 bridgehead atoms. The highest BCUT2D eigenvalue weighted by Crippen LogP contribution is 2.23. The highest BCUT2D eigenvalue weighted by atomic mass is 35.5. The van der Waals surface area contributed by atoms with Gasteiger partial charge in [-0.3, -0.25) is 9.69 Å². The maximum Gasteiger partial charge on any atom is 0.325 e. The van der Waals surface area contributed by atoms with Crippen molar-refractivity contribution in [2.75, 3.05) is 29.9 Å². The molecule has 3 amide bonds. The van der Waals surface area contributed by atoms with E-state index in [0.717, 1.165) is 0 Å². The summed E-state index contributed by atoms with van der Waals surface area (Å²) in [5.74, 6) is -0.806. The number of rotatable bonds is 4. The smallest absolute Gasteiger partial charge is 0.324 e. The van der Waals surface area contributed by atoms with Crippen molar-refractivity contribution in [2.45, 2.75) is 0 Å². The molecule has 24 heavy (non-hydrogen) atoms. The lowest BCUT2D eigenvalue weighted by molar-refractivity contribution is -0.116. The van der Waals surface area contributed by atoms with E-state index in [9.17, 15) is 14.0 Å². The molecule has 7 heteroatoms. The van der Waals surface area contributed by atoms with E-state index in [-0.39, 0.29) is 18.5 Å². The quantitative estimate of drug-likeness (QED) is 0.922. The first kappa shape index (κ1) is 16.3. The van der Waals surface area contributed by atoms with Crippen LogP contribution in [-0.4, -0.2) is 36.5 Å². The first-order valence-electron chi connectivity index (χ1n) is 7.40. The highest BCUT2D eigenvalue weighted by Gasteiger charge is 2.30. The Bertz CT molecular complexity index is 784. The van der Waals surface area contributed by atoms with E-state index >= 15 is 0 Å². The Hall–Kier alpha value is -2.60. The fraction of sp³-hybridized carbons (Fsp3) is 0.176. The maximum atomic E-state index is 13.1. The van der Waals surface area contributed by atoms with Gasteiger partial charge in [-0.2, -0.15) is 0 Å². The largest absolute Gasteiger partial charge is 0.325 e. The van der Waals surface area contributed by atoms with E-state index in [1.807, 2.05) is 0 Å². The Morgan fingerprint density at radius 3 is 2.71 bits per heavy atom. The van der Waals surface area contributed by atoms with Crippen molar-refractivity contribution in [1.82, 2.24) is 4.90 Å². The second-order valence-electron chi connectivity index (χ2n) is 5.39. The second-order valence-corrected chi connectivity index (χ2v) is 5.83. The third-order valence-electron chi connectivity index (χ3n) is 3.66. The van der Waals surface area contributed by atoms with Gasteiger partial charge in [0.25, 0.3) is 0 Å². The van der Waals surface area contributed by atoms with Crippen LogP contribution in [0.25, 0.3) is 0 Å². The van der Waals surface area contributed by atoms with Gasteiger partial charge in [0, 0.05) is 29.5 Å². The second kappa shape index (κ2) is 6.88. The van der Waals surface area contributed by atoms with Crippen LogP contribution < -0.4 is 10.2 Å². The highest BCUT2D eigenvalue weighted by molar-refractivity contribution is 6.30. The molecule has 2 aromatic carbocycles. The lowest BCUT2D eigenvalue weighted by Gasteiger charge is -2.18. The van der Waals surface area contributed by atoms with Crippen LogP contribution in [0.15, 0.2) is 48.5 Å². The van der Waals surface area contributed by atoms with Crippen LogP contribution >= 0.6 is 11.6 Å². The molecule has 0 atom stereocenters. The number of halogens is 2. The van der Waals surface area contributed by atoms with Crippen LogP contribution in [-0.2, 0) is 4.79 Å². The number of carbonyl (C=O) groups excluding carboxylic acids is 2. The van der Waals surface area contributed by atoms with Gasteiger partial charge in [-0.25, -0.2) is 9.18 Å². The monoisotopic (exact) mass is 347 g/mol. The van der Waals surface area contributed by atoms with E-state index in [1.165, 1.54) is 23.1 Å². The van der Waals surface area contributed by atoms with Crippen molar-refractivity contribution < 1.29 is 14.0 Å². The van der Waals surface area contributed by atoms with E-state index < -0.39 is 5.82 Å². The van der Waals surface area contributed by atoms with Gasteiger partial charge in [0.2, 0.25) is 5.91 Å². The van der Waals surface area contributed by atoms with Gasteiger partial charge in [-0.05, 0) is 36.4 Å². The van der Waals surface area contributed by atoms with E-state index in [1.54, 1.807) is 35.2 Å². The molecule has 0 spiro atoms. The summed E-state index contributed by atoms with van der Waals surface area (Å²) in [6.45, 7) is 0.820. The molecule has 1 fully saturated rings. The molecule has 0 unspecified atom stereocenters. The number of nitrogens with one attached hydrogen (secondary N) is 1. The molecule has 124 valence electrons. The SMILES string of the molecule is O=C(CN1CCN(c2cccc(Cl)c2)C1=O)Nc1cccc(F)c1. The third-order valence-corrected chi connectivity index (χ3v) is 3.89. The van der Waals surface area contributed by atoms with Crippen molar-refractivity contribution >= 4 is 34.9 Å². The lowest BCUT2D eigenvalue weighted by Crippen LogP contribution is -2.37. The van der Waals surface area contributed by atoms with Gasteiger partial charge in [-0.1, -0.05) is 23.7 Å². The van der Waals surface area contributed by atoms with Crippen LogP contribution in [0, 0.1) is 5.82 Å². The van der Waals surface area contributed by atoms with Crippen LogP contribution in [0.5, 0.6) is 0 Å². The topological polar surface area (TPSA) is 52.7 Å². The van der Waals surface area contributed by atoms with E-state index in [2.05, 4.69) is 5.32 Å². The molecule has 0 aliphatic carbocycles. The molecule has 0 saturated carbocycles. The molecular formula is C17H15ClFN3O2. The minimum atomic E-state index is -0.433. The average molecular weight is 348 g/mol. The van der Waals surface area contributed by atoms with E-state index in [0.29, 0.717) is 29.5 Å². The van der Waals surface area contributed by atoms with E-state index in [4.69, 9.17) is 11.6 Å². The number of urea groups is 1. The molecular weight excluding hydrogens is 333 g/mol. The summed E-state index contributed by atoms with van der Waals surface area (Å²) >= 11 is 5.95. The zero-order valence-corrected chi connectivity index (χ0v) is 13.5. The van der Waals surface area contributed by atoms with Gasteiger partial charge >= 0.3 is 6.03 Å². The first-order chi connectivity index (χ1) is 11.5. The Balaban J connectivity index is 1.62. The fourth-order valence-corrected chi connectivity index (χ4v) is 2.74. The third kappa shape index (κ3) is 3.65. The summed E-state index contributed by atoms with van der Waals surface area (Å²) in [5, 5.41) is 3.13. The number of hydrogen-bond acceptors (Lipinski definition) is 2. The Kier molecular flexibility index (Phi) is 4.66. The summed E-state index contributed by atoms with van der Waals surface area (Å²) in [6.07, 6.45) is 0. The zero-order valence-electron chi connectivity index (χ0n) is 12.7. The summed E-state index contributed by atoms with van der Waals surface area (Å²) < 4.78 is 13.1. The Morgan fingerprint density at radius 1 is 1.17 bits per heavy atom. The number of nitrogens with zero attached hydrogens (tertiary/aromatic N) is 2. The summed E-state index contributed by atoms with van der Waals surface area (Å²) in [4.78, 5) is 27.5. The molecule has 1 aliphatic heterocycles. The van der Waals surface area contributed by atoms with Gasteiger partial charge in [0.15, 0.2) is 0 Å². The standard InChI is InChI=1S/C17H15ClFN3O2/c18-12-3-1-6-15(9-12)22-8-7-21(17(22)24)11-16(23)20-14-5-2-4-13(19)10-14/h1-6,9-10H,7-8,11H2,(H,20,23). The summed E-state index contributed by atoms with van der Waals surface area (Å²) in [6, 6.07) is 12.4. The van der Waals surface area contributed by atoms with Gasteiger partial charge in [-0.15, -0.1) is 0 Å². The van der Waals surface area contributed by atoms with Crippen molar-refractivity contribution in [1.29, 1.82) is 0 Å². The van der Waals surface area contributed by atoms with Gasteiger partial charge in [0.1, 0.15) is 12.4 Å². The van der Waals surface area contributed by atoms with Crippen LogP contribution in [0.4, 0.5) is 20.6 Å². The molecule has 1 N–H and O–H groups in total. The van der Waals surface area contributed by atoms with Crippen molar-refractivity contribution in [3.63, 3.8) is 0 Å². The first-order valence-corrected chi connectivity index (χ1v) is 7.78. The van der Waals surface area contributed by atoms with Crippen molar-refractivity contribution in [3.8, 4) is 0 Å². The maximum absolute atomic E-state index is 13.1. The predicted octanol–water partition coefficient (Wildman–Crippen LogP) is 3.36. The van der Waals surface area contributed by atoms with Crippen molar-refractivity contribution in [3.05, 3.63) is 59.4 Å². The average Bonchev–Trinajstić information content (AvgIpc) is 2.88. The van der Waals surface area contributed by atoms with Gasteiger partial charge in [0.05, 0.1) is 0 Å². The summed E-state index contributed by atoms with van der Waals surface area (Å²) in [5.41, 5.74) is 1.05. The molecule has 5 nitrogen and oxygen atoms in total. The minimum absolute atomic E-state index is 0.0909. The number of amides is 3. The molecule has 1 heterocycles. The van der Waals surface area contributed by atoms with Crippen LogP contribution in [0.3, 0.4) is 0 Å². The minimum Gasteiger partial charge on any atom is -0.324 e.